The van der Waals surface area contributed by atoms with E-state index in [4.69, 9.17) is 4.74 Å². The van der Waals surface area contributed by atoms with Crippen LogP contribution < -0.4 is 9.64 Å². The quantitative estimate of drug-likeness (QED) is 0.674. The van der Waals surface area contributed by atoms with Crippen molar-refractivity contribution in [3.63, 3.8) is 0 Å². The van der Waals surface area contributed by atoms with Crippen molar-refractivity contribution in [3.8, 4) is 5.75 Å². The van der Waals surface area contributed by atoms with Crippen molar-refractivity contribution in [1.29, 1.82) is 0 Å². The van der Waals surface area contributed by atoms with Crippen molar-refractivity contribution in [2.24, 2.45) is 17.3 Å². The van der Waals surface area contributed by atoms with Crippen molar-refractivity contribution in [2.45, 2.75) is 71.0 Å². The fourth-order valence-corrected chi connectivity index (χ4v) is 6.14. The maximum Gasteiger partial charge on any atom is 0.236 e. The van der Waals surface area contributed by atoms with Crippen LogP contribution in [0.1, 0.15) is 58.4 Å². The average Bonchev–Trinajstić information content (AvgIpc) is 3.25. The smallest absolute Gasteiger partial charge is 0.236 e. The van der Waals surface area contributed by atoms with Crippen LogP contribution in [0.5, 0.6) is 5.75 Å². The van der Waals surface area contributed by atoms with Gasteiger partial charge in [0.05, 0.1) is 25.0 Å². The zero-order valence-corrected chi connectivity index (χ0v) is 19.3. The highest BCUT2D eigenvalue weighted by Crippen LogP contribution is 2.51. The lowest BCUT2D eigenvalue weighted by molar-refractivity contribution is -0.145. The molecule has 3 heterocycles. The third kappa shape index (κ3) is 3.02. The maximum atomic E-state index is 13.8. The Morgan fingerprint density at radius 1 is 1.03 bits per heavy atom. The van der Waals surface area contributed by atoms with Crippen LogP contribution in [0.4, 0.5) is 5.69 Å². The van der Waals surface area contributed by atoms with Crippen LogP contribution in [0.25, 0.3) is 6.08 Å². The number of imide groups is 1. The number of carbonyl (C=O) groups is 3. The summed E-state index contributed by atoms with van der Waals surface area (Å²) in [7, 11) is 1.63. The fraction of sp³-hybridized carbons (Fsp3) is 0.577. The van der Waals surface area contributed by atoms with Gasteiger partial charge in [0.2, 0.25) is 11.8 Å². The molecule has 4 atom stereocenters. The number of nitrogens with zero attached hydrogens (tertiary/aromatic N) is 2. The number of Topliss-reactive ketones (excluding diaryl/α,β-unsaturated/α-hetero) is 1. The summed E-state index contributed by atoms with van der Waals surface area (Å²) in [6.07, 6.45) is 9.01. The molecule has 0 N–H and O–H groups in total. The molecule has 3 fully saturated rings. The maximum absolute atomic E-state index is 13.8. The SMILES string of the molecule is COc1ccc2c(c1)C=C[C@@H]1[C@H]3C(=O)N(C4CCCCC4)C(=O)[C@H]3[C@H](C(=O)C(C)(C)C)N21. The molecule has 0 unspecified atom stereocenters. The molecule has 1 aromatic rings. The molecule has 1 aromatic carbocycles. The number of hydrogen-bond donors (Lipinski definition) is 0. The van der Waals surface area contributed by atoms with Gasteiger partial charge in [-0.25, -0.2) is 0 Å². The van der Waals surface area contributed by atoms with Crippen molar-refractivity contribution >= 4 is 29.4 Å². The molecule has 1 aliphatic carbocycles. The molecule has 6 heteroatoms. The van der Waals surface area contributed by atoms with Crippen LogP contribution in [0.15, 0.2) is 24.3 Å². The van der Waals surface area contributed by atoms with Crippen LogP contribution >= 0.6 is 0 Å². The molecule has 3 aliphatic heterocycles. The normalized spacial score (nSPS) is 29.8. The van der Waals surface area contributed by atoms with E-state index in [9.17, 15) is 14.4 Å². The zero-order valence-electron chi connectivity index (χ0n) is 19.3. The second-order valence-corrected chi connectivity index (χ2v) is 10.6. The standard InChI is InChI=1S/C26H32N2O4/c1-26(2,3)23(29)22-21-20(24(30)27(25(21)31)16-8-6-5-7-9-16)19-12-10-15-14-17(32-4)11-13-18(15)28(19)22/h10-14,16,19-22H,5-9H2,1-4H3/t19-,20-,21-,22-/m1/s1. The summed E-state index contributed by atoms with van der Waals surface area (Å²) in [4.78, 5) is 44.8. The van der Waals surface area contributed by atoms with E-state index in [1.54, 1.807) is 12.0 Å². The molecule has 5 rings (SSSR count). The van der Waals surface area contributed by atoms with Gasteiger partial charge in [0, 0.05) is 22.7 Å². The first-order valence-electron chi connectivity index (χ1n) is 11.8. The molecule has 4 aliphatic rings. The number of likely N-dealkylation sites (tertiary alicyclic amines) is 1. The number of rotatable bonds is 3. The van der Waals surface area contributed by atoms with Gasteiger partial charge in [-0.15, -0.1) is 0 Å². The highest BCUT2D eigenvalue weighted by Gasteiger charge is 2.65. The summed E-state index contributed by atoms with van der Waals surface area (Å²) < 4.78 is 5.38. The van der Waals surface area contributed by atoms with E-state index in [0.29, 0.717) is 0 Å². The van der Waals surface area contributed by atoms with Crippen LogP contribution in [0.3, 0.4) is 0 Å². The topological polar surface area (TPSA) is 66.9 Å². The number of benzene rings is 1. The van der Waals surface area contributed by atoms with Gasteiger partial charge in [0.1, 0.15) is 11.8 Å². The minimum atomic E-state index is -0.646. The van der Waals surface area contributed by atoms with E-state index in [-0.39, 0.29) is 29.7 Å². The number of fused-ring (bicyclic) bond motifs is 5. The predicted molar refractivity (Wildman–Crippen MR) is 122 cm³/mol. The van der Waals surface area contributed by atoms with E-state index in [1.807, 2.05) is 56.0 Å². The molecular weight excluding hydrogens is 404 g/mol. The number of carbonyl (C=O) groups excluding carboxylic acids is 3. The Balaban J connectivity index is 1.60. The van der Waals surface area contributed by atoms with Crippen LogP contribution in [-0.2, 0) is 14.4 Å². The van der Waals surface area contributed by atoms with Gasteiger partial charge in [-0.2, -0.15) is 0 Å². The fourth-order valence-electron chi connectivity index (χ4n) is 6.14. The van der Waals surface area contributed by atoms with E-state index >= 15 is 0 Å². The Labute approximate surface area is 189 Å². The second-order valence-electron chi connectivity index (χ2n) is 10.6. The number of ketones is 1. The Morgan fingerprint density at radius 2 is 1.72 bits per heavy atom. The third-order valence-electron chi connectivity index (χ3n) is 7.69. The number of ether oxygens (including phenoxy) is 1. The molecule has 0 bridgehead atoms. The van der Waals surface area contributed by atoms with Crippen LogP contribution in [-0.4, -0.2) is 47.7 Å². The minimum absolute atomic E-state index is 0.0127. The summed E-state index contributed by atoms with van der Waals surface area (Å²) >= 11 is 0. The number of hydrogen-bond acceptors (Lipinski definition) is 5. The van der Waals surface area contributed by atoms with Gasteiger partial charge in [-0.3, -0.25) is 19.3 Å². The Kier molecular flexibility index (Phi) is 4.95. The van der Waals surface area contributed by atoms with Crippen LogP contribution in [0, 0.1) is 17.3 Å². The molecule has 0 spiro atoms. The lowest BCUT2D eigenvalue weighted by Crippen LogP contribution is -2.53. The first-order chi connectivity index (χ1) is 15.2. The van der Waals surface area contributed by atoms with Crippen molar-refractivity contribution in [2.75, 3.05) is 12.0 Å². The monoisotopic (exact) mass is 436 g/mol. The van der Waals surface area contributed by atoms with E-state index < -0.39 is 23.3 Å². The summed E-state index contributed by atoms with van der Waals surface area (Å²) in [6, 6.07) is 4.81. The lowest BCUT2D eigenvalue weighted by Gasteiger charge is -2.39. The highest BCUT2D eigenvalue weighted by molar-refractivity contribution is 6.12. The summed E-state index contributed by atoms with van der Waals surface area (Å²) in [6.45, 7) is 5.69. The third-order valence-corrected chi connectivity index (χ3v) is 7.69. The number of methoxy groups -OCH3 is 1. The first kappa shape index (κ1) is 21.2. The van der Waals surface area contributed by atoms with Crippen molar-refractivity contribution in [1.82, 2.24) is 4.90 Å². The molecule has 2 saturated heterocycles. The van der Waals surface area contributed by atoms with E-state index in [2.05, 4.69) is 0 Å². The molecule has 32 heavy (non-hydrogen) atoms. The van der Waals surface area contributed by atoms with Gasteiger partial charge >= 0.3 is 0 Å². The average molecular weight is 437 g/mol. The number of anilines is 1. The molecule has 0 aromatic heterocycles. The predicted octanol–water partition coefficient (Wildman–Crippen LogP) is 3.83. The van der Waals surface area contributed by atoms with E-state index in [0.717, 1.165) is 49.1 Å². The molecule has 170 valence electrons. The van der Waals surface area contributed by atoms with E-state index in [1.165, 1.54) is 0 Å². The van der Waals surface area contributed by atoms with Gasteiger partial charge in [0.25, 0.3) is 0 Å². The zero-order chi connectivity index (χ0) is 22.8. The highest BCUT2D eigenvalue weighted by atomic mass is 16.5. The molecule has 2 amide bonds. The molecular formula is C26H32N2O4. The Bertz CT molecular complexity index is 1000. The van der Waals surface area contributed by atoms with Gasteiger partial charge in [-0.05, 0) is 31.0 Å². The molecule has 0 radical (unpaired) electrons. The summed E-state index contributed by atoms with van der Waals surface area (Å²) in [5, 5.41) is 0. The Morgan fingerprint density at radius 3 is 2.38 bits per heavy atom. The van der Waals surface area contributed by atoms with Crippen molar-refractivity contribution in [3.05, 3.63) is 29.8 Å². The van der Waals surface area contributed by atoms with Gasteiger partial charge in [0.15, 0.2) is 5.78 Å². The largest absolute Gasteiger partial charge is 0.497 e. The minimum Gasteiger partial charge on any atom is -0.497 e. The van der Waals surface area contributed by atoms with Gasteiger partial charge < -0.3 is 9.64 Å². The van der Waals surface area contributed by atoms with Crippen LogP contribution in [0.2, 0.25) is 0 Å². The number of amides is 2. The lowest BCUT2D eigenvalue weighted by atomic mass is 9.79. The first-order valence-corrected chi connectivity index (χ1v) is 11.8. The second kappa shape index (κ2) is 7.46. The van der Waals surface area contributed by atoms with Gasteiger partial charge in [-0.1, -0.05) is 52.2 Å². The Hall–Kier alpha value is -2.63. The molecule has 1 saturated carbocycles. The van der Waals surface area contributed by atoms with Crippen molar-refractivity contribution < 1.29 is 19.1 Å². The molecule has 6 nitrogen and oxygen atoms in total. The summed E-state index contributed by atoms with van der Waals surface area (Å²) in [5.41, 5.74) is 1.20. The summed E-state index contributed by atoms with van der Waals surface area (Å²) in [5.74, 6) is -0.620.